The maximum atomic E-state index is 12.9. The predicted octanol–water partition coefficient (Wildman–Crippen LogP) is 3.85. The molecule has 0 unspecified atom stereocenters. The lowest BCUT2D eigenvalue weighted by molar-refractivity contribution is -0.149. The first-order chi connectivity index (χ1) is 11.7. The van der Waals surface area contributed by atoms with Crippen LogP contribution in [0.3, 0.4) is 0 Å². The van der Waals surface area contributed by atoms with Crippen LogP contribution < -0.4 is 0 Å². The Morgan fingerprint density at radius 3 is 1.96 bits per heavy atom. The summed E-state index contributed by atoms with van der Waals surface area (Å²) in [5.41, 5.74) is 1.95. The van der Waals surface area contributed by atoms with Gasteiger partial charge in [0.2, 0.25) is 0 Å². The molecule has 1 heterocycles. The van der Waals surface area contributed by atoms with Crippen molar-refractivity contribution < 1.29 is 9.53 Å². The number of ether oxygens (including phenoxy) is 1. The van der Waals surface area contributed by atoms with Crippen molar-refractivity contribution in [3.8, 4) is 0 Å². The van der Waals surface area contributed by atoms with E-state index in [9.17, 15) is 4.79 Å². The van der Waals surface area contributed by atoms with Crippen LogP contribution in [-0.2, 0) is 9.53 Å². The second kappa shape index (κ2) is 8.11. The Balaban J connectivity index is 1.74. The van der Waals surface area contributed by atoms with E-state index in [0.29, 0.717) is 0 Å². The monoisotopic (exact) mass is 323 g/mol. The van der Waals surface area contributed by atoms with E-state index in [4.69, 9.17) is 4.74 Å². The maximum Gasteiger partial charge on any atom is 0.318 e. The molecule has 1 aliphatic rings. The smallest absolute Gasteiger partial charge is 0.318 e. The zero-order valence-electron chi connectivity index (χ0n) is 14.2. The van der Waals surface area contributed by atoms with Crippen LogP contribution in [0.1, 0.15) is 36.8 Å². The normalized spacial score (nSPS) is 16.2. The average molecular weight is 323 g/mol. The summed E-state index contributed by atoms with van der Waals surface area (Å²) in [7, 11) is 0. The number of benzene rings is 2. The van der Waals surface area contributed by atoms with Gasteiger partial charge in [0.1, 0.15) is 12.0 Å². The summed E-state index contributed by atoms with van der Waals surface area (Å²) in [5.74, 6) is -0.535. The first-order valence-electron chi connectivity index (χ1n) is 8.77. The molecule has 3 heteroatoms. The van der Waals surface area contributed by atoms with Crippen LogP contribution in [-0.4, -0.2) is 36.6 Å². The van der Waals surface area contributed by atoms with Crippen molar-refractivity contribution in [3.63, 3.8) is 0 Å². The average Bonchev–Trinajstić information content (AvgIpc) is 3.10. The lowest BCUT2D eigenvalue weighted by atomic mass is 9.91. The van der Waals surface area contributed by atoms with Crippen LogP contribution in [0.25, 0.3) is 0 Å². The van der Waals surface area contributed by atoms with E-state index >= 15 is 0 Å². The van der Waals surface area contributed by atoms with Crippen molar-refractivity contribution in [1.29, 1.82) is 0 Å². The Morgan fingerprint density at radius 2 is 1.46 bits per heavy atom. The van der Waals surface area contributed by atoms with Crippen molar-refractivity contribution in [2.45, 2.75) is 31.8 Å². The Bertz CT molecular complexity index is 596. The van der Waals surface area contributed by atoms with Crippen LogP contribution in [0.5, 0.6) is 0 Å². The van der Waals surface area contributed by atoms with Gasteiger partial charge in [0.25, 0.3) is 0 Å². The first-order valence-corrected chi connectivity index (χ1v) is 8.77. The minimum Gasteiger partial charge on any atom is -0.461 e. The van der Waals surface area contributed by atoms with Gasteiger partial charge in [0.15, 0.2) is 0 Å². The fourth-order valence-electron chi connectivity index (χ4n) is 3.39. The van der Waals surface area contributed by atoms with Crippen molar-refractivity contribution in [2.24, 2.45) is 0 Å². The summed E-state index contributed by atoms with van der Waals surface area (Å²) in [5, 5.41) is 0. The lowest BCUT2D eigenvalue weighted by Gasteiger charge is -2.23. The zero-order chi connectivity index (χ0) is 16.8. The molecule has 0 radical (unpaired) electrons. The van der Waals surface area contributed by atoms with E-state index in [1.807, 2.05) is 67.6 Å². The molecule has 1 aliphatic heterocycles. The van der Waals surface area contributed by atoms with E-state index in [0.717, 1.165) is 30.8 Å². The van der Waals surface area contributed by atoms with E-state index in [-0.39, 0.29) is 18.0 Å². The Morgan fingerprint density at radius 1 is 0.958 bits per heavy atom. The summed E-state index contributed by atoms with van der Waals surface area (Å²) >= 11 is 0. The second-order valence-corrected chi connectivity index (χ2v) is 6.51. The van der Waals surface area contributed by atoms with Crippen LogP contribution in [0.2, 0.25) is 0 Å². The Kier molecular flexibility index (Phi) is 5.65. The third kappa shape index (κ3) is 4.24. The molecule has 0 bridgehead atoms. The van der Waals surface area contributed by atoms with Gasteiger partial charge in [0, 0.05) is 6.54 Å². The van der Waals surface area contributed by atoms with Crippen LogP contribution in [0.4, 0.5) is 0 Å². The van der Waals surface area contributed by atoms with Crippen LogP contribution in [0.15, 0.2) is 60.7 Å². The molecule has 126 valence electrons. The summed E-state index contributed by atoms with van der Waals surface area (Å²) in [6.45, 7) is 5.04. The van der Waals surface area contributed by atoms with E-state index in [1.54, 1.807) is 0 Å². The molecule has 1 saturated heterocycles. The quantitative estimate of drug-likeness (QED) is 0.756. The van der Waals surface area contributed by atoms with Crippen molar-refractivity contribution in [2.75, 3.05) is 19.6 Å². The van der Waals surface area contributed by atoms with E-state index < -0.39 is 0 Å². The molecular formula is C21H25NO2. The molecule has 3 nitrogen and oxygen atoms in total. The minimum atomic E-state index is -0.367. The number of rotatable bonds is 6. The van der Waals surface area contributed by atoms with Gasteiger partial charge in [-0.25, -0.2) is 0 Å². The molecule has 2 aromatic rings. The standard InChI is InChI=1S/C21H25NO2/c1-17(16-22-14-8-9-15-22)24-21(23)20(18-10-4-2-5-11-18)19-12-6-3-7-13-19/h2-7,10-13,17,20H,8-9,14-16H2,1H3/t17-/m1/s1. The van der Waals surface area contributed by atoms with Gasteiger partial charge in [-0.2, -0.15) is 0 Å². The van der Waals surface area contributed by atoms with E-state index in [2.05, 4.69) is 4.90 Å². The van der Waals surface area contributed by atoms with Gasteiger partial charge in [-0.3, -0.25) is 9.69 Å². The fourth-order valence-corrected chi connectivity index (χ4v) is 3.39. The molecule has 24 heavy (non-hydrogen) atoms. The highest BCUT2D eigenvalue weighted by molar-refractivity contribution is 5.82. The number of carbonyl (C=O) groups is 1. The fraction of sp³-hybridized carbons (Fsp3) is 0.381. The molecule has 0 amide bonds. The number of likely N-dealkylation sites (tertiary alicyclic amines) is 1. The third-order valence-corrected chi connectivity index (χ3v) is 4.53. The summed E-state index contributed by atoms with van der Waals surface area (Å²) < 4.78 is 5.80. The van der Waals surface area contributed by atoms with Crippen molar-refractivity contribution in [3.05, 3.63) is 71.8 Å². The highest BCUT2D eigenvalue weighted by atomic mass is 16.5. The predicted molar refractivity (Wildman–Crippen MR) is 96.0 cm³/mol. The minimum absolute atomic E-state index is 0.0921. The number of hydrogen-bond acceptors (Lipinski definition) is 3. The zero-order valence-corrected chi connectivity index (χ0v) is 14.2. The van der Waals surface area contributed by atoms with Gasteiger partial charge in [-0.05, 0) is 44.0 Å². The first kappa shape index (κ1) is 16.7. The maximum absolute atomic E-state index is 12.9. The molecule has 2 aromatic carbocycles. The lowest BCUT2D eigenvalue weighted by Crippen LogP contribution is -2.33. The number of carbonyl (C=O) groups excluding carboxylic acids is 1. The van der Waals surface area contributed by atoms with E-state index in [1.165, 1.54) is 12.8 Å². The summed E-state index contributed by atoms with van der Waals surface area (Å²) in [6.07, 6.45) is 2.40. The van der Waals surface area contributed by atoms with Gasteiger partial charge < -0.3 is 4.74 Å². The second-order valence-electron chi connectivity index (χ2n) is 6.51. The van der Waals surface area contributed by atoms with Gasteiger partial charge in [0.05, 0.1) is 0 Å². The molecule has 0 N–H and O–H groups in total. The van der Waals surface area contributed by atoms with Gasteiger partial charge >= 0.3 is 5.97 Å². The molecule has 1 atom stereocenters. The molecule has 0 spiro atoms. The molecule has 0 saturated carbocycles. The molecule has 3 rings (SSSR count). The summed E-state index contributed by atoms with van der Waals surface area (Å²) in [6, 6.07) is 19.7. The molecule has 1 fully saturated rings. The molecule has 0 aromatic heterocycles. The topological polar surface area (TPSA) is 29.5 Å². The number of esters is 1. The Hall–Kier alpha value is -2.13. The SMILES string of the molecule is C[C@H](CN1CCCC1)OC(=O)C(c1ccccc1)c1ccccc1. The highest BCUT2D eigenvalue weighted by Crippen LogP contribution is 2.26. The third-order valence-electron chi connectivity index (χ3n) is 4.53. The highest BCUT2D eigenvalue weighted by Gasteiger charge is 2.26. The molecule has 0 aliphatic carbocycles. The Labute approximate surface area is 144 Å². The van der Waals surface area contributed by atoms with Gasteiger partial charge in [-0.15, -0.1) is 0 Å². The van der Waals surface area contributed by atoms with Crippen LogP contribution >= 0.6 is 0 Å². The van der Waals surface area contributed by atoms with Gasteiger partial charge in [-0.1, -0.05) is 60.7 Å². The van der Waals surface area contributed by atoms with Crippen molar-refractivity contribution >= 4 is 5.97 Å². The number of hydrogen-bond donors (Lipinski definition) is 0. The van der Waals surface area contributed by atoms with Crippen molar-refractivity contribution in [1.82, 2.24) is 4.90 Å². The summed E-state index contributed by atoms with van der Waals surface area (Å²) in [4.78, 5) is 15.3. The van der Waals surface area contributed by atoms with Crippen LogP contribution in [0, 0.1) is 0 Å². The number of nitrogens with zero attached hydrogens (tertiary/aromatic N) is 1. The largest absolute Gasteiger partial charge is 0.461 e. The molecular weight excluding hydrogens is 298 g/mol.